The normalized spacial score (nSPS) is 15.6. The largest absolute Gasteiger partial charge is 0.492 e. The number of nitrogens with zero attached hydrogens (tertiary/aromatic N) is 1. The van der Waals surface area contributed by atoms with Gasteiger partial charge in [-0.3, -0.25) is 0 Å². The maximum absolute atomic E-state index is 11.8. The first-order valence-corrected chi connectivity index (χ1v) is 7.97. The number of halogens is 2. The summed E-state index contributed by atoms with van der Waals surface area (Å²) in [7, 11) is 0. The van der Waals surface area contributed by atoms with Crippen molar-refractivity contribution in [2.24, 2.45) is 5.92 Å². The topological polar surface area (TPSA) is 38.8 Å². The summed E-state index contributed by atoms with van der Waals surface area (Å²) in [4.78, 5) is 13.5. The minimum Gasteiger partial charge on any atom is -0.492 e. The fourth-order valence-corrected chi connectivity index (χ4v) is 2.75. The van der Waals surface area contributed by atoms with Crippen LogP contribution < -0.4 is 4.74 Å². The first kappa shape index (κ1) is 16.4. The number of hydrogen-bond donors (Lipinski definition) is 0. The zero-order valence-corrected chi connectivity index (χ0v) is 14.7. The lowest BCUT2D eigenvalue weighted by molar-refractivity contribution is -0.00785. The Morgan fingerprint density at radius 1 is 1.43 bits per heavy atom. The van der Waals surface area contributed by atoms with Gasteiger partial charge >= 0.3 is 6.09 Å². The Morgan fingerprint density at radius 3 is 2.67 bits per heavy atom. The quantitative estimate of drug-likeness (QED) is 0.787. The zero-order valence-electron chi connectivity index (χ0n) is 12.4. The Hall–Kier alpha value is -0.940. The molecule has 1 aromatic carbocycles. The van der Waals surface area contributed by atoms with Crippen LogP contribution in [-0.4, -0.2) is 36.3 Å². The molecule has 2 rings (SSSR count). The third-order valence-corrected chi connectivity index (χ3v) is 3.83. The average molecular weight is 377 g/mol. The van der Waals surface area contributed by atoms with Crippen LogP contribution in [0, 0.1) is 5.92 Å². The molecule has 4 nitrogen and oxygen atoms in total. The van der Waals surface area contributed by atoms with Gasteiger partial charge in [0.1, 0.15) is 11.4 Å². The van der Waals surface area contributed by atoms with Crippen molar-refractivity contribution >= 4 is 33.6 Å². The number of carbonyl (C=O) groups is 1. The Bertz CT molecular complexity index is 524. The Labute approximate surface area is 138 Å². The van der Waals surface area contributed by atoms with Gasteiger partial charge in [0.25, 0.3) is 0 Å². The smallest absolute Gasteiger partial charge is 0.410 e. The first-order chi connectivity index (χ1) is 9.74. The summed E-state index contributed by atoms with van der Waals surface area (Å²) in [5, 5.41) is 0.661. The van der Waals surface area contributed by atoms with Gasteiger partial charge in [-0.1, -0.05) is 11.6 Å². The van der Waals surface area contributed by atoms with E-state index in [-0.39, 0.29) is 6.09 Å². The van der Waals surface area contributed by atoms with E-state index in [1.165, 1.54) is 0 Å². The van der Waals surface area contributed by atoms with Crippen LogP contribution in [-0.2, 0) is 4.74 Å². The standard InChI is InChI=1S/C15H19BrClNO3/c1-15(2,3)21-14(19)18-7-10(8-18)9-20-13-5-4-11(17)6-12(13)16/h4-6,10H,7-9H2,1-3H3. The van der Waals surface area contributed by atoms with Crippen molar-refractivity contribution in [2.45, 2.75) is 26.4 Å². The van der Waals surface area contributed by atoms with Gasteiger partial charge in [0.2, 0.25) is 0 Å². The molecular weight excluding hydrogens is 358 g/mol. The Morgan fingerprint density at radius 2 is 2.10 bits per heavy atom. The molecule has 0 radical (unpaired) electrons. The van der Waals surface area contributed by atoms with Gasteiger partial charge in [0.05, 0.1) is 11.1 Å². The number of rotatable bonds is 3. The fourth-order valence-electron chi connectivity index (χ4n) is 1.95. The molecule has 1 heterocycles. The average Bonchev–Trinajstić information content (AvgIpc) is 2.27. The van der Waals surface area contributed by atoms with Crippen molar-refractivity contribution in [1.29, 1.82) is 0 Å². The molecule has 1 aliphatic rings. The van der Waals surface area contributed by atoms with E-state index in [0.717, 1.165) is 10.2 Å². The molecule has 0 unspecified atom stereocenters. The predicted molar refractivity (Wildman–Crippen MR) is 85.9 cm³/mol. The van der Waals surface area contributed by atoms with Crippen LogP contribution >= 0.6 is 27.5 Å². The maximum atomic E-state index is 11.8. The Kier molecular flexibility index (Phi) is 5.04. The molecule has 0 aliphatic carbocycles. The number of benzene rings is 1. The monoisotopic (exact) mass is 375 g/mol. The van der Waals surface area contributed by atoms with Gasteiger partial charge in [0, 0.05) is 24.0 Å². The second-order valence-corrected chi connectivity index (χ2v) is 7.43. The molecule has 1 aliphatic heterocycles. The van der Waals surface area contributed by atoms with Gasteiger partial charge < -0.3 is 14.4 Å². The van der Waals surface area contributed by atoms with E-state index in [9.17, 15) is 4.79 Å². The SMILES string of the molecule is CC(C)(C)OC(=O)N1CC(COc2ccc(Cl)cc2Br)C1. The van der Waals surface area contributed by atoms with E-state index in [0.29, 0.717) is 30.6 Å². The summed E-state index contributed by atoms with van der Waals surface area (Å²) >= 11 is 9.29. The van der Waals surface area contributed by atoms with E-state index in [1.54, 1.807) is 17.0 Å². The molecule has 6 heteroatoms. The van der Waals surface area contributed by atoms with Crippen molar-refractivity contribution in [3.8, 4) is 5.75 Å². The van der Waals surface area contributed by atoms with Gasteiger partial charge in [-0.15, -0.1) is 0 Å². The lowest BCUT2D eigenvalue weighted by Crippen LogP contribution is -2.53. The molecule has 0 spiro atoms. The Balaban J connectivity index is 1.75. The number of likely N-dealkylation sites (tertiary alicyclic amines) is 1. The summed E-state index contributed by atoms with van der Waals surface area (Å²) < 4.78 is 11.9. The van der Waals surface area contributed by atoms with E-state index >= 15 is 0 Å². The molecule has 0 N–H and O–H groups in total. The highest BCUT2D eigenvalue weighted by molar-refractivity contribution is 9.10. The fraction of sp³-hybridized carbons (Fsp3) is 0.533. The van der Waals surface area contributed by atoms with E-state index in [4.69, 9.17) is 21.1 Å². The van der Waals surface area contributed by atoms with Crippen LogP contribution in [0.15, 0.2) is 22.7 Å². The third kappa shape index (κ3) is 4.78. The molecule has 21 heavy (non-hydrogen) atoms. The molecular formula is C15H19BrClNO3. The van der Waals surface area contributed by atoms with Crippen molar-refractivity contribution in [2.75, 3.05) is 19.7 Å². The van der Waals surface area contributed by atoms with Crippen molar-refractivity contribution in [1.82, 2.24) is 4.90 Å². The van der Waals surface area contributed by atoms with Gasteiger partial charge in [-0.25, -0.2) is 4.79 Å². The highest BCUT2D eigenvalue weighted by atomic mass is 79.9. The highest BCUT2D eigenvalue weighted by Crippen LogP contribution is 2.29. The molecule has 1 fully saturated rings. The molecule has 0 bridgehead atoms. The minimum absolute atomic E-state index is 0.258. The molecule has 0 saturated carbocycles. The van der Waals surface area contributed by atoms with Crippen LogP contribution in [0.2, 0.25) is 5.02 Å². The van der Waals surface area contributed by atoms with Gasteiger partial charge in [0.15, 0.2) is 0 Å². The summed E-state index contributed by atoms with van der Waals surface area (Å²) in [5.74, 6) is 1.09. The lowest BCUT2D eigenvalue weighted by Gasteiger charge is -2.39. The molecule has 0 atom stereocenters. The van der Waals surface area contributed by atoms with Crippen LogP contribution in [0.3, 0.4) is 0 Å². The second kappa shape index (κ2) is 6.44. The summed E-state index contributed by atoms with van der Waals surface area (Å²) in [6.45, 7) is 7.50. The van der Waals surface area contributed by atoms with Crippen LogP contribution in [0.4, 0.5) is 4.79 Å². The lowest BCUT2D eigenvalue weighted by atomic mass is 10.0. The molecule has 0 aromatic heterocycles. The number of hydrogen-bond acceptors (Lipinski definition) is 3. The number of amides is 1. The number of carbonyl (C=O) groups excluding carboxylic acids is 1. The minimum atomic E-state index is -0.452. The molecule has 116 valence electrons. The van der Waals surface area contributed by atoms with Crippen LogP contribution in [0.5, 0.6) is 5.75 Å². The predicted octanol–water partition coefficient (Wildman–Crippen LogP) is 4.35. The summed E-state index contributed by atoms with van der Waals surface area (Å²) in [6.07, 6.45) is -0.258. The van der Waals surface area contributed by atoms with Crippen molar-refractivity contribution in [3.05, 3.63) is 27.7 Å². The van der Waals surface area contributed by atoms with E-state index in [2.05, 4.69) is 15.9 Å². The van der Waals surface area contributed by atoms with Crippen molar-refractivity contribution < 1.29 is 14.3 Å². The van der Waals surface area contributed by atoms with Gasteiger partial charge in [-0.2, -0.15) is 0 Å². The van der Waals surface area contributed by atoms with Crippen molar-refractivity contribution in [3.63, 3.8) is 0 Å². The third-order valence-electron chi connectivity index (χ3n) is 2.98. The molecule has 1 saturated heterocycles. The summed E-state index contributed by atoms with van der Waals surface area (Å²) in [6, 6.07) is 5.41. The first-order valence-electron chi connectivity index (χ1n) is 6.80. The summed E-state index contributed by atoms with van der Waals surface area (Å²) in [5.41, 5.74) is -0.452. The molecule has 1 aromatic rings. The second-order valence-electron chi connectivity index (χ2n) is 6.14. The van der Waals surface area contributed by atoms with E-state index < -0.39 is 5.60 Å². The number of ether oxygens (including phenoxy) is 2. The maximum Gasteiger partial charge on any atom is 0.410 e. The van der Waals surface area contributed by atoms with Crippen LogP contribution in [0.1, 0.15) is 20.8 Å². The van der Waals surface area contributed by atoms with E-state index in [1.807, 2.05) is 26.8 Å². The van der Waals surface area contributed by atoms with Gasteiger partial charge in [-0.05, 0) is 54.9 Å². The van der Waals surface area contributed by atoms with Crippen LogP contribution in [0.25, 0.3) is 0 Å². The highest BCUT2D eigenvalue weighted by Gasteiger charge is 2.34. The zero-order chi connectivity index (χ0) is 15.6. The molecule has 1 amide bonds.